The van der Waals surface area contributed by atoms with Gasteiger partial charge in [0, 0.05) is 11.8 Å². The minimum atomic E-state index is -3.47. The van der Waals surface area contributed by atoms with Crippen molar-refractivity contribution in [2.24, 2.45) is 0 Å². The number of benzene rings is 2. The molecule has 7 heteroatoms. The zero-order chi connectivity index (χ0) is 21.7. The zero-order valence-corrected chi connectivity index (χ0v) is 18.1. The van der Waals surface area contributed by atoms with Crippen LogP contribution in [0.3, 0.4) is 0 Å². The van der Waals surface area contributed by atoms with Crippen LogP contribution in [-0.4, -0.2) is 25.6 Å². The summed E-state index contributed by atoms with van der Waals surface area (Å²) in [6.07, 6.45) is 2.88. The van der Waals surface area contributed by atoms with Crippen LogP contribution in [0.4, 0.5) is 5.69 Å². The Labute approximate surface area is 177 Å². The fourth-order valence-electron chi connectivity index (χ4n) is 3.07. The molecular weight excluding hydrogens is 398 g/mol. The van der Waals surface area contributed by atoms with Crippen LogP contribution in [0.5, 0.6) is 0 Å². The Kier molecular flexibility index (Phi) is 6.52. The maximum atomic E-state index is 12.5. The van der Waals surface area contributed by atoms with E-state index in [1.165, 1.54) is 10.6 Å². The third-order valence-corrected chi connectivity index (χ3v) is 5.86. The first-order valence-electron chi connectivity index (χ1n) is 9.56. The second kappa shape index (κ2) is 9.09. The van der Waals surface area contributed by atoms with Gasteiger partial charge < -0.3 is 5.32 Å². The van der Waals surface area contributed by atoms with E-state index in [9.17, 15) is 13.2 Å². The lowest BCUT2D eigenvalue weighted by Gasteiger charge is -2.25. The van der Waals surface area contributed by atoms with Crippen molar-refractivity contribution >= 4 is 21.6 Å². The molecule has 3 aromatic rings. The zero-order valence-electron chi connectivity index (χ0n) is 17.3. The van der Waals surface area contributed by atoms with Crippen molar-refractivity contribution in [1.82, 2.24) is 10.3 Å². The van der Waals surface area contributed by atoms with Gasteiger partial charge in [0.05, 0.1) is 30.7 Å². The lowest BCUT2D eigenvalue weighted by atomic mass is 10.1. The Balaban J connectivity index is 1.74. The molecule has 0 saturated heterocycles. The van der Waals surface area contributed by atoms with Crippen molar-refractivity contribution in [2.45, 2.75) is 26.9 Å². The topological polar surface area (TPSA) is 79.4 Å². The largest absolute Gasteiger partial charge is 0.346 e. The van der Waals surface area contributed by atoms with Crippen molar-refractivity contribution in [1.29, 1.82) is 0 Å². The monoisotopic (exact) mass is 423 g/mol. The lowest BCUT2D eigenvalue weighted by molar-refractivity contribution is 0.0950. The van der Waals surface area contributed by atoms with Gasteiger partial charge in [0.15, 0.2) is 0 Å². The molecule has 0 radical (unpaired) electrons. The molecule has 30 heavy (non-hydrogen) atoms. The summed E-state index contributed by atoms with van der Waals surface area (Å²) in [4.78, 5) is 16.5. The minimum Gasteiger partial charge on any atom is -0.346 e. The summed E-state index contributed by atoms with van der Waals surface area (Å²) in [6, 6.07) is 18.2. The highest BCUT2D eigenvalue weighted by molar-refractivity contribution is 7.92. The molecule has 0 spiro atoms. The summed E-state index contributed by atoms with van der Waals surface area (Å²) in [6.45, 7) is 4.36. The van der Waals surface area contributed by atoms with Crippen LogP contribution < -0.4 is 9.62 Å². The highest BCUT2D eigenvalue weighted by Gasteiger charge is 2.20. The van der Waals surface area contributed by atoms with Gasteiger partial charge in [0.2, 0.25) is 10.0 Å². The van der Waals surface area contributed by atoms with Crippen molar-refractivity contribution in [3.63, 3.8) is 0 Å². The first kappa shape index (κ1) is 21.5. The van der Waals surface area contributed by atoms with Gasteiger partial charge in [0.25, 0.3) is 5.91 Å². The molecule has 2 aromatic carbocycles. The number of aryl methyl sites for hydroxylation is 2. The smallest absolute Gasteiger partial charge is 0.251 e. The maximum absolute atomic E-state index is 12.5. The molecule has 1 N–H and O–H groups in total. The quantitative estimate of drug-likeness (QED) is 0.630. The molecule has 0 aliphatic heterocycles. The number of amides is 1. The standard InChI is InChI=1S/C23H25N3O3S/c1-17-7-8-18(2)22(14-17)26(30(3,28)29)16-19-9-11-20(12-10-19)23(27)25-15-21-6-4-5-13-24-21/h4-14H,15-16H2,1-3H3,(H,25,27). The van der Waals surface area contributed by atoms with Gasteiger partial charge in [-0.05, 0) is 60.9 Å². The summed E-state index contributed by atoms with van der Waals surface area (Å²) in [7, 11) is -3.47. The Morgan fingerprint density at radius 3 is 2.40 bits per heavy atom. The van der Waals surface area contributed by atoms with Crippen LogP contribution in [0.25, 0.3) is 0 Å². The maximum Gasteiger partial charge on any atom is 0.251 e. The summed E-state index contributed by atoms with van der Waals surface area (Å²) >= 11 is 0. The van der Waals surface area contributed by atoms with E-state index in [0.29, 0.717) is 17.8 Å². The van der Waals surface area contributed by atoms with Gasteiger partial charge in [-0.2, -0.15) is 0 Å². The summed E-state index contributed by atoms with van der Waals surface area (Å²) in [5.74, 6) is -0.207. The Hall–Kier alpha value is -3.19. The molecule has 0 fully saturated rings. The number of pyridine rings is 1. The Bertz CT molecular complexity index is 1130. The van der Waals surface area contributed by atoms with Gasteiger partial charge in [-0.15, -0.1) is 0 Å². The Morgan fingerprint density at radius 1 is 1.03 bits per heavy atom. The van der Waals surface area contributed by atoms with E-state index in [1.54, 1.807) is 30.5 Å². The molecule has 0 aliphatic rings. The van der Waals surface area contributed by atoms with E-state index in [4.69, 9.17) is 0 Å². The highest BCUT2D eigenvalue weighted by Crippen LogP contribution is 2.26. The van der Waals surface area contributed by atoms with Gasteiger partial charge >= 0.3 is 0 Å². The predicted molar refractivity (Wildman–Crippen MR) is 119 cm³/mol. The van der Waals surface area contributed by atoms with Crippen LogP contribution in [-0.2, 0) is 23.1 Å². The van der Waals surface area contributed by atoms with Gasteiger partial charge in [-0.3, -0.25) is 14.1 Å². The SMILES string of the molecule is Cc1ccc(C)c(N(Cc2ccc(C(=O)NCc3ccccn3)cc2)S(C)(=O)=O)c1. The van der Waals surface area contributed by atoms with Crippen LogP contribution >= 0.6 is 0 Å². The van der Waals surface area contributed by atoms with Crippen LogP contribution in [0.15, 0.2) is 66.9 Å². The van der Waals surface area contributed by atoms with E-state index < -0.39 is 10.0 Å². The van der Waals surface area contributed by atoms with Crippen molar-refractivity contribution in [2.75, 3.05) is 10.6 Å². The first-order valence-corrected chi connectivity index (χ1v) is 11.4. The number of anilines is 1. The number of sulfonamides is 1. The number of nitrogens with zero attached hydrogens (tertiary/aromatic N) is 2. The molecule has 156 valence electrons. The number of carbonyl (C=O) groups excluding carboxylic acids is 1. The van der Waals surface area contributed by atoms with E-state index in [-0.39, 0.29) is 12.5 Å². The summed E-state index contributed by atoms with van der Waals surface area (Å²) < 4.78 is 26.3. The number of nitrogens with one attached hydrogen (secondary N) is 1. The van der Waals surface area contributed by atoms with Crippen molar-refractivity contribution in [3.8, 4) is 0 Å². The number of aromatic nitrogens is 1. The molecule has 6 nitrogen and oxygen atoms in total. The van der Waals surface area contributed by atoms with Crippen molar-refractivity contribution in [3.05, 3.63) is 94.8 Å². The van der Waals surface area contributed by atoms with E-state index in [1.807, 2.05) is 50.2 Å². The summed E-state index contributed by atoms with van der Waals surface area (Å²) in [5, 5.41) is 2.83. The van der Waals surface area contributed by atoms with Gasteiger partial charge in [0.1, 0.15) is 0 Å². The molecule has 0 saturated carbocycles. The fourth-order valence-corrected chi connectivity index (χ4v) is 4.01. The molecular formula is C23H25N3O3S. The fraction of sp³-hybridized carbons (Fsp3) is 0.217. The molecule has 0 unspecified atom stereocenters. The average Bonchev–Trinajstić information content (AvgIpc) is 2.72. The molecule has 0 aliphatic carbocycles. The molecule has 3 rings (SSSR count). The number of hydrogen-bond donors (Lipinski definition) is 1. The van der Waals surface area contributed by atoms with E-state index in [2.05, 4.69) is 10.3 Å². The summed E-state index contributed by atoms with van der Waals surface area (Å²) in [5.41, 5.74) is 4.62. The molecule has 0 atom stereocenters. The lowest BCUT2D eigenvalue weighted by Crippen LogP contribution is -2.30. The minimum absolute atomic E-state index is 0.193. The number of rotatable bonds is 7. The van der Waals surface area contributed by atoms with E-state index >= 15 is 0 Å². The molecule has 0 bridgehead atoms. The molecule has 1 heterocycles. The van der Waals surface area contributed by atoms with Gasteiger partial charge in [-0.25, -0.2) is 8.42 Å². The highest BCUT2D eigenvalue weighted by atomic mass is 32.2. The normalized spacial score (nSPS) is 11.2. The second-order valence-electron chi connectivity index (χ2n) is 7.26. The average molecular weight is 424 g/mol. The molecule has 1 amide bonds. The second-order valence-corrected chi connectivity index (χ2v) is 9.17. The third-order valence-electron chi connectivity index (χ3n) is 4.73. The number of carbonyl (C=O) groups is 1. The van der Waals surface area contributed by atoms with Crippen LogP contribution in [0, 0.1) is 13.8 Å². The van der Waals surface area contributed by atoms with Crippen LogP contribution in [0.1, 0.15) is 32.7 Å². The van der Waals surface area contributed by atoms with Gasteiger partial charge in [-0.1, -0.05) is 30.3 Å². The van der Waals surface area contributed by atoms with E-state index in [0.717, 1.165) is 22.4 Å². The van der Waals surface area contributed by atoms with Crippen LogP contribution in [0.2, 0.25) is 0 Å². The number of hydrogen-bond acceptors (Lipinski definition) is 4. The third kappa shape index (κ3) is 5.45. The predicted octanol–water partition coefficient (Wildman–Crippen LogP) is 3.59. The first-order chi connectivity index (χ1) is 14.2. The van der Waals surface area contributed by atoms with Crippen molar-refractivity contribution < 1.29 is 13.2 Å². The molecule has 1 aromatic heterocycles. The Morgan fingerprint density at radius 2 is 1.77 bits per heavy atom.